The number of rotatable bonds is 3. The average Bonchev–Trinajstić information content (AvgIpc) is 2.13. The van der Waals surface area contributed by atoms with E-state index in [1.54, 1.807) is 0 Å². The van der Waals surface area contributed by atoms with Crippen LogP contribution in [0.25, 0.3) is 0 Å². The Hall–Kier alpha value is -0.860. The summed E-state index contributed by atoms with van der Waals surface area (Å²) in [5.74, 6) is 0. The van der Waals surface area contributed by atoms with Crippen LogP contribution in [0.4, 0.5) is 0 Å². The van der Waals surface area contributed by atoms with Gasteiger partial charge < -0.3 is 10.8 Å². The molecule has 3 N–H and O–H groups in total. The molecule has 0 aliphatic heterocycles. The van der Waals surface area contributed by atoms with E-state index in [1.165, 1.54) is 17.5 Å². The van der Waals surface area contributed by atoms with Crippen molar-refractivity contribution in [2.45, 2.75) is 50.7 Å². The van der Waals surface area contributed by atoms with Gasteiger partial charge in [0.1, 0.15) is 0 Å². The molecule has 1 fully saturated rings. The average molecular weight is 219 g/mol. The van der Waals surface area contributed by atoms with Gasteiger partial charge in [-0.25, -0.2) is 0 Å². The minimum atomic E-state index is -0.640. The third-order valence-corrected chi connectivity index (χ3v) is 3.41. The van der Waals surface area contributed by atoms with Gasteiger partial charge in [0, 0.05) is 12.0 Å². The van der Waals surface area contributed by atoms with Crippen molar-refractivity contribution in [2.75, 3.05) is 0 Å². The van der Waals surface area contributed by atoms with Gasteiger partial charge in [-0.1, -0.05) is 24.3 Å². The summed E-state index contributed by atoms with van der Waals surface area (Å²) in [7, 11) is 0. The molecule has 0 bridgehead atoms. The summed E-state index contributed by atoms with van der Waals surface area (Å²) >= 11 is 0. The largest absolute Gasteiger partial charge is 0.390 e. The van der Waals surface area contributed by atoms with Crippen LogP contribution >= 0.6 is 0 Å². The maximum absolute atomic E-state index is 9.73. The Labute approximate surface area is 97.5 Å². The fourth-order valence-corrected chi connectivity index (χ4v) is 2.30. The van der Waals surface area contributed by atoms with E-state index >= 15 is 0 Å². The molecule has 1 saturated carbocycles. The third-order valence-electron chi connectivity index (χ3n) is 3.41. The number of nitrogens with two attached hydrogens (primary N) is 1. The van der Waals surface area contributed by atoms with Gasteiger partial charge in [0.2, 0.25) is 0 Å². The fraction of sp³-hybridized carbons (Fsp3) is 0.571. The van der Waals surface area contributed by atoms with Crippen LogP contribution in [0.2, 0.25) is 0 Å². The van der Waals surface area contributed by atoms with Crippen molar-refractivity contribution < 1.29 is 5.11 Å². The first-order chi connectivity index (χ1) is 7.39. The maximum atomic E-state index is 9.73. The topological polar surface area (TPSA) is 46.2 Å². The normalized spacial score (nSPS) is 19.2. The predicted octanol–water partition coefficient (Wildman–Crippen LogP) is 2.34. The van der Waals surface area contributed by atoms with E-state index in [2.05, 4.69) is 24.3 Å². The zero-order chi connectivity index (χ0) is 11.8. The molecular weight excluding hydrogens is 198 g/mol. The van der Waals surface area contributed by atoms with Crippen LogP contribution < -0.4 is 5.73 Å². The highest BCUT2D eigenvalue weighted by Gasteiger charge is 2.34. The molecule has 2 nitrogen and oxygen atoms in total. The molecule has 1 aliphatic carbocycles. The Morgan fingerprint density at radius 1 is 1.25 bits per heavy atom. The van der Waals surface area contributed by atoms with Crippen LogP contribution in [0.5, 0.6) is 0 Å². The van der Waals surface area contributed by atoms with E-state index in [4.69, 9.17) is 5.73 Å². The Balaban J connectivity index is 2.10. The molecule has 0 spiro atoms. The Bertz CT molecular complexity index is 357. The molecule has 1 aromatic carbocycles. The lowest BCUT2D eigenvalue weighted by atomic mass is 9.72. The lowest BCUT2D eigenvalue weighted by molar-refractivity contribution is 0.0810. The molecule has 0 unspecified atom stereocenters. The lowest BCUT2D eigenvalue weighted by Crippen LogP contribution is -2.43. The van der Waals surface area contributed by atoms with Gasteiger partial charge in [-0.15, -0.1) is 0 Å². The van der Waals surface area contributed by atoms with Gasteiger partial charge in [-0.2, -0.15) is 0 Å². The summed E-state index contributed by atoms with van der Waals surface area (Å²) in [6.45, 7) is 3.66. The molecule has 0 aromatic heterocycles. The zero-order valence-corrected chi connectivity index (χ0v) is 10.2. The van der Waals surface area contributed by atoms with Crippen LogP contribution in [0.3, 0.4) is 0 Å². The minimum Gasteiger partial charge on any atom is -0.390 e. The highest BCUT2D eigenvalue weighted by Crippen LogP contribution is 2.38. The summed E-state index contributed by atoms with van der Waals surface area (Å²) in [6, 6.07) is 8.39. The molecule has 1 aliphatic rings. The van der Waals surface area contributed by atoms with E-state index in [9.17, 15) is 5.11 Å². The van der Waals surface area contributed by atoms with Crippen molar-refractivity contribution in [3.05, 3.63) is 35.4 Å². The summed E-state index contributed by atoms with van der Waals surface area (Å²) in [6.07, 6.45) is 4.11. The first kappa shape index (κ1) is 11.6. The van der Waals surface area contributed by atoms with E-state index in [-0.39, 0.29) is 5.54 Å². The summed E-state index contributed by atoms with van der Waals surface area (Å²) in [4.78, 5) is 0. The number of hydrogen-bond donors (Lipinski definition) is 2. The lowest BCUT2D eigenvalue weighted by Gasteiger charge is -2.38. The molecule has 0 amide bonds. The van der Waals surface area contributed by atoms with Crippen molar-refractivity contribution in [3.8, 4) is 0 Å². The first-order valence-electron chi connectivity index (χ1n) is 6.00. The highest BCUT2D eigenvalue weighted by atomic mass is 16.3. The highest BCUT2D eigenvalue weighted by molar-refractivity contribution is 5.30. The van der Waals surface area contributed by atoms with Crippen molar-refractivity contribution >= 4 is 0 Å². The molecule has 0 heterocycles. The molecule has 16 heavy (non-hydrogen) atoms. The minimum absolute atomic E-state index is 0.0761. The molecule has 0 radical (unpaired) electrons. The van der Waals surface area contributed by atoms with Gasteiger partial charge >= 0.3 is 0 Å². The van der Waals surface area contributed by atoms with Crippen LogP contribution in [0.15, 0.2) is 24.3 Å². The second-order valence-corrected chi connectivity index (χ2v) is 5.70. The first-order valence-corrected chi connectivity index (χ1v) is 6.00. The van der Waals surface area contributed by atoms with E-state index in [0.717, 1.165) is 12.8 Å². The van der Waals surface area contributed by atoms with Crippen molar-refractivity contribution in [1.29, 1.82) is 0 Å². The van der Waals surface area contributed by atoms with Gasteiger partial charge in [0.15, 0.2) is 0 Å². The zero-order valence-electron chi connectivity index (χ0n) is 10.2. The Morgan fingerprint density at radius 3 is 2.19 bits per heavy atom. The summed E-state index contributed by atoms with van der Waals surface area (Å²) in [5, 5.41) is 9.73. The third kappa shape index (κ3) is 2.45. The monoisotopic (exact) mass is 219 g/mol. The molecule has 0 saturated heterocycles. The number of hydrogen-bond acceptors (Lipinski definition) is 2. The smallest absolute Gasteiger partial charge is 0.0631 e. The van der Waals surface area contributed by atoms with Crippen LogP contribution in [-0.4, -0.2) is 10.7 Å². The van der Waals surface area contributed by atoms with E-state index < -0.39 is 5.60 Å². The fourth-order valence-electron chi connectivity index (χ4n) is 2.30. The standard InChI is InChI=1S/C14H21NO/c1-13(2,16)10-11-4-6-12(7-5-11)14(15)8-3-9-14/h4-7,16H,3,8-10,15H2,1-2H3. The SMILES string of the molecule is CC(C)(O)Cc1ccc(C2(N)CCC2)cc1. The quantitative estimate of drug-likeness (QED) is 0.819. The Morgan fingerprint density at radius 2 is 1.81 bits per heavy atom. The molecule has 88 valence electrons. The van der Waals surface area contributed by atoms with Gasteiger partial charge in [-0.05, 0) is 44.2 Å². The Kier molecular flexibility index (Phi) is 2.81. The van der Waals surface area contributed by atoms with E-state index in [0.29, 0.717) is 6.42 Å². The number of aliphatic hydroxyl groups is 1. The van der Waals surface area contributed by atoms with Crippen LogP contribution in [-0.2, 0) is 12.0 Å². The van der Waals surface area contributed by atoms with Gasteiger partial charge in [0.05, 0.1) is 5.60 Å². The molecule has 1 aromatic rings. The van der Waals surface area contributed by atoms with Crippen LogP contribution in [0.1, 0.15) is 44.2 Å². The second-order valence-electron chi connectivity index (χ2n) is 5.70. The molecular formula is C14H21NO. The molecule has 2 heteroatoms. The summed E-state index contributed by atoms with van der Waals surface area (Å²) < 4.78 is 0. The predicted molar refractivity (Wildman–Crippen MR) is 66.2 cm³/mol. The maximum Gasteiger partial charge on any atom is 0.0631 e. The van der Waals surface area contributed by atoms with Gasteiger partial charge in [0.25, 0.3) is 0 Å². The molecule has 0 atom stereocenters. The van der Waals surface area contributed by atoms with Crippen molar-refractivity contribution in [3.63, 3.8) is 0 Å². The van der Waals surface area contributed by atoms with Crippen LogP contribution in [0, 0.1) is 0 Å². The van der Waals surface area contributed by atoms with Gasteiger partial charge in [-0.3, -0.25) is 0 Å². The van der Waals surface area contributed by atoms with Crippen molar-refractivity contribution in [2.24, 2.45) is 5.73 Å². The second kappa shape index (κ2) is 3.86. The van der Waals surface area contributed by atoms with Crippen molar-refractivity contribution in [1.82, 2.24) is 0 Å². The van der Waals surface area contributed by atoms with E-state index in [1.807, 2.05) is 13.8 Å². The molecule has 2 rings (SSSR count). The number of benzene rings is 1. The summed E-state index contributed by atoms with van der Waals surface area (Å²) in [5.41, 5.74) is 7.94.